The average Bonchev–Trinajstić information content (AvgIpc) is 2.68. The van der Waals surface area contributed by atoms with E-state index in [-0.39, 0.29) is 17.7 Å². The smallest absolute Gasteiger partial charge is 0.444 e. The summed E-state index contributed by atoms with van der Waals surface area (Å²) in [6.45, 7) is 5.32. The Morgan fingerprint density at radius 1 is 1.12 bits per heavy atom. The summed E-state index contributed by atoms with van der Waals surface area (Å²) < 4.78 is 59.5. The van der Waals surface area contributed by atoms with Gasteiger partial charge in [0.1, 0.15) is 11.4 Å². The highest BCUT2D eigenvalue weighted by atomic mass is 32.2. The maximum Gasteiger partial charge on any atom is 0.508 e. The third-order valence-electron chi connectivity index (χ3n) is 5.09. The lowest BCUT2D eigenvalue weighted by Gasteiger charge is -2.35. The molecule has 0 aromatic heterocycles. The Morgan fingerprint density at radius 3 is 2.44 bits per heavy atom. The number of ether oxygens (including phenoxy) is 1. The molecule has 2 aromatic carbocycles. The number of halogens is 3. The van der Waals surface area contributed by atoms with Gasteiger partial charge in [-0.3, -0.25) is 0 Å². The largest absolute Gasteiger partial charge is 0.508 e. The van der Waals surface area contributed by atoms with Gasteiger partial charge in [0.15, 0.2) is 0 Å². The quantitative estimate of drug-likeness (QED) is 0.636. The van der Waals surface area contributed by atoms with Gasteiger partial charge in [-0.2, -0.15) is 13.2 Å². The van der Waals surface area contributed by atoms with Gasteiger partial charge in [-0.25, -0.2) is 9.00 Å². The molecule has 0 aliphatic heterocycles. The van der Waals surface area contributed by atoms with Gasteiger partial charge in [0.05, 0.1) is 0 Å². The van der Waals surface area contributed by atoms with Gasteiger partial charge in [0.2, 0.25) is 0 Å². The number of carbonyl (C=O) groups is 1. The molecule has 1 N–H and O–H groups in total. The van der Waals surface area contributed by atoms with Gasteiger partial charge in [-0.15, -0.1) is 0 Å². The second-order valence-corrected chi connectivity index (χ2v) is 9.81. The molecule has 0 fully saturated rings. The molecule has 1 amide bonds. The van der Waals surface area contributed by atoms with Crippen molar-refractivity contribution in [1.29, 1.82) is 0 Å². The molecule has 0 heterocycles. The maximum absolute atomic E-state index is 12.7. The molecule has 3 atom stereocenters. The van der Waals surface area contributed by atoms with Gasteiger partial charge in [0.25, 0.3) is 0 Å². The van der Waals surface area contributed by atoms with Crippen LogP contribution in [0.4, 0.5) is 18.0 Å². The number of amides is 1. The van der Waals surface area contributed by atoms with Gasteiger partial charge in [0, 0.05) is 12.0 Å². The van der Waals surface area contributed by atoms with Crippen molar-refractivity contribution < 1.29 is 31.1 Å². The van der Waals surface area contributed by atoms with Crippen LogP contribution in [0.3, 0.4) is 0 Å². The summed E-state index contributed by atoms with van der Waals surface area (Å²) >= 11 is -3.46. The fourth-order valence-electron chi connectivity index (χ4n) is 3.81. The van der Waals surface area contributed by atoms with Crippen LogP contribution in [0.25, 0.3) is 0 Å². The van der Waals surface area contributed by atoms with Crippen LogP contribution in [-0.4, -0.2) is 27.5 Å². The number of alkyl carbamates (subject to hydrolysis) is 1. The Kier molecular flexibility index (Phi) is 7.17. The number of carbonyl (C=O) groups excluding carboxylic acids is 1. The lowest BCUT2D eigenvalue weighted by atomic mass is 9.76. The third-order valence-corrected chi connectivity index (χ3v) is 5.81. The summed E-state index contributed by atoms with van der Waals surface area (Å²) in [6, 6.07) is 13.9. The molecular weight excluding hydrogens is 443 g/mol. The second-order valence-electron chi connectivity index (χ2n) is 8.71. The molecular formula is C23H26F3NO4S. The first-order valence-corrected chi connectivity index (χ1v) is 11.3. The Morgan fingerprint density at radius 2 is 1.81 bits per heavy atom. The number of alkyl halides is 3. The van der Waals surface area contributed by atoms with Crippen molar-refractivity contribution in [2.24, 2.45) is 0 Å². The van der Waals surface area contributed by atoms with E-state index in [0.717, 1.165) is 16.7 Å². The van der Waals surface area contributed by atoms with Crippen molar-refractivity contribution >= 4 is 17.2 Å². The Labute approximate surface area is 188 Å². The van der Waals surface area contributed by atoms with Crippen LogP contribution in [-0.2, 0) is 28.7 Å². The van der Waals surface area contributed by atoms with Crippen molar-refractivity contribution in [3.8, 4) is 5.75 Å². The molecule has 9 heteroatoms. The molecule has 0 radical (unpaired) electrons. The van der Waals surface area contributed by atoms with E-state index in [1.165, 1.54) is 12.1 Å². The molecule has 3 rings (SSSR count). The average molecular weight is 470 g/mol. The van der Waals surface area contributed by atoms with Gasteiger partial charge >= 0.3 is 22.7 Å². The van der Waals surface area contributed by atoms with Crippen molar-refractivity contribution in [2.75, 3.05) is 0 Å². The molecule has 174 valence electrons. The van der Waals surface area contributed by atoms with E-state index in [2.05, 4.69) is 9.50 Å². The minimum Gasteiger partial charge on any atom is -0.444 e. The van der Waals surface area contributed by atoms with E-state index in [9.17, 15) is 22.2 Å². The van der Waals surface area contributed by atoms with E-state index in [1.807, 2.05) is 30.3 Å². The molecule has 0 bridgehead atoms. The van der Waals surface area contributed by atoms with Crippen molar-refractivity contribution in [3.05, 3.63) is 65.2 Å². The van der Waals surface area contributed by atoms with Gasteiger partial charge < -0.3 is 14.2 Å². The normalized spacial score (nSPS) is 19.6. The summed E-state index contributed by atoms with van der Waals surface area (Å²) in [7, 11) is 0. The molecule has 0 saturated heterocycles. The van der Waals surface area contributed by atoms with E-state index < -0.39 is 28.3 Å². The predicted molar refractivity (Wildman–Crippen MR) is 116 cm³/mol. The molecule has 5 nitrogen and oxygen atoms in total. The number of hydrogen-bond donors (Lipinski definition) is 1. The monoisotopic (exact) mass is 469 g/mol. The van der Waals surface area contributed by atoms with E-state index in [4.69, 9.17) is 4.74 Å². The number of aryl methyl sites for hydroxylation is 1. The van der Waals surface area contributed by atoms with Crippen molar-refractivity contribution in [2.45, 2.75) is 63.1 Å². The molecule has 0 spiro atoms. The van der Waals surface area contributed by atoms with Gasteiger partial charge in [-0.05, 0) is 68.9 Å². The molecule has 1 aliphatic rings. The standard InChI is InChI=1S/C23H26F3NO4S/c1-22(2,3)30-21(28)27-20-12-10-16-9-11-17(31-32(29)23(24,25)26)14-18(16)19(20)13-15-7-5-4-6-8-15/h4-9,11,14,19-20H,10,12-13H2,1-3H3,(H,27,28). The number of nitrogens with one attached hydrogen (secondary N) is 1. The number of fused-ring (bicyclic) bond motifs is 1. The zero-order chi connectivity index (χ0) is 23.5. The number of hydrogen-bond acceptors (Lipinski definition) is 4. The first kappa shape index (κ1) is 24.1. The fourth-order valence-corrected chi connectivity index (χ4v) is 4.19. The van der Waals surface area contributed by atoms with E-state index in [0.29, 0.717) is 19.3 Å². The SMILES string of the molecule is CC(C)(C)OC(=O)NC1CCc2ccc(OS(=O)C(F)(F)F)cc2C1Cc1ccccc1. The van der Waals surface area contributed by atoms with Crippen LogP contribution in [0, 0.1) is 0 Å². The first-order valence-electron chi connectivity index (χ1n) is 10.3. The van der Waals surface area contributed by atoms with E-state index >= 15 is 0 Å². The molecule has 2 aromatic rings. The van der Waals surface area contributed by atoms with Gasteiger partial charge in [-0.1, -0.05) is 36.4 Å². The molecule has 0 saturated carbocycles. The zero-order valence-corrected chi connectivity index (χ0v) is 18.9. The molecule has 1 aliphatic carbocycles. The molecule has 3 unspecified atom stereocenters. The van der Waals surface area contributed by atoms with Crippen LogP contribution in [0.5, 0.6) is 5.75 Å². The first-order chi connectivity index (χ1) is 14.9. The predicted octanol–water partition coefficient (Wildman–Crippen LogP) is 5.41. The summed E-state index contributed by atoms with van der Waals surface area (Å²) in [5, 5.41) is 2.93. The van der Waals surface area contributed by atoms with Crippen LogP contribution < -0.4 is 9.50 Å². The number of rotatable bonds is 5. The lowest BCUT2D eigenvalue weighted by molar-refractivity contribution is -0.0437. The highest BCUT2D eigenvalue weighted by Gasteiger charge is 2.40. The van der Waals surface area contributed by atoms with Crippen molar-refractivity contribution in [3.63, 3.8) is 0 Å². The van der Waals surface area contributed by atoms with Crippen LogP contribution in [0.1, 0.15) is 49.8 Å². The summed E-state index contributed by atoms with van der Waals surface area (Å²) in [5.74, 6) is -0.355. The summed E-state index contributed by atoms with van der Waals surface area (Å²) in [5.41, 5.74) is -2.89. The number of benzene rings is 2. The van der Waals surface area contributed by atoms with E-state index in [1.54, 1.807) is 26.8 Å². The summed E-state index contributed by atoms with van der Waals surface area (Å²) in [4.78, 5) is 12.4. The Bertz CT molecular complexity index is 973. The van der Waals surface area contributed by atoms with Crippen molar-refractivity contribution in [1.82, 2.24) is 5.32 Å². The Balaban J connectivity index is 1.91. The third kappa shape index (κ3) is 6.48. The molecule has 32 heavy (non-hydrogen) atoms. The minimum absolute atomic E-state index is 0.129. The van der Waals surface area contributed by atoms with Crippen LogP contribution in [0.15, 0.2) is 48.5 Å². The zero-order valence-electron chi connectivity index (χ0n) is 18.1. The lowest BCUT2D eigenvalue weighted by Crippen LogP contribution is -2.44. The highest BCUT2D eigenvalue weighted by Crippen LogP contribution is 2.37. The van der Waals surface area contributed by atoms with Crippen LogP contribution >= 0.6 is 0 Å². The van der Waals surface area contributed by atoms with Crippen LogP contribution in [0.2, 0.25) is 0 Å². The Hall–Kier alpha value is -2.55. The fraction of sp³-hybridized carbons (Fsp3) is 0.435. The minimum atomic E-state index is -4.97. The maximum atomic E-state index is 12.7. The summed E-state index contributed by atoms with van der Waals surface area (Å²) in [6.07, 6.45) is 1.29. The topological polar surface area (TPSA) is 64.6 Å². The highest BCUT2D eigenvalue weighted by molar-refractivity contribution is 7.81. The second kappa shape index (κ2) is 9.52.